The molecule has 1 heterocycles. The summed E-state index contributed by atoms with van der Waals surface area (Å²) in [5.41, 5.74) is -5.99. The second-order valence-corrected chi connectivity index (χ2v) is 10.1. The second kappa shape index (κ2) is 11.6. The fourth-order valence-electron chi connectivity index (χ4n) is 3.40. The first kappa shape index (κ1) is 29.9. The number of hydrogen-bond donors (Lipinski definition) is 2. The fourth-order valence-corrected chi connectivity index (χ4v) is 3.96. The maximum atomic E-state index is 15.5. The molecule has 212 valence electrons. The van der Waals surface area contributed by atoms with E-state index in [1.807, 2.05) is 0 Å². The van der Waals surface area contributed by atoms with Crippen molar-refractivity contribution in [2.24, 2.45) is 9.98 Å². The smallest absolute Gasteiger partial charge is 0.363 e. The van der Waals surface area contributed by atoms with Crippen molar-refractivity contribution in [3.8, 4) is 0 Å². The first-order valence-electron chi connectivity index (χ1n) is 11.2. The zero-order valence-electron chi connectivity index (χ0n) is 20.3. The number of sulfonamides is 1. The molecule has 2 N–H and O–H groups in total. The Morgan fingerprint density at radius 3 is 2.15 bits per heavy atom. The summed E-state index contributed by atoms with van der Waals surface area (Å²) in [6, 6.07) is 6.85. The fraction of sp³-hybridized carbons (Fsp3) is 0.348. The van der Waals surface area contributed by atoms with E-state index >= 15 is 4.39 Å². The Morgan fingerprint density at radius 1 is 1.08 bits per heavy atom. The molecule has 0 amide bonds. The summed E-state index contributed by atoms with van der Waals surface area (Å²) in [5.74, 6) is -1.29. The van der Waals surface area contributed by atoms with Crippen LogP contribution < -0.4 is 10.0 Å². The predicted octanol–water partition coefficient (Wildman–Crippen LogP) is 4.98. The minimum atomic E-state index is -5.58. The number of amidine groups is 1. The molecule has 1 aromatic carbocycles. The Labute approximate surface area is 219 Å². The topological polar surface area (TPSA) is 99.0 Å². The maximum absolute atomic E-state index is 15.5. The van der Waals surface area contributed by atoms with E-state index in [4.69, 9.17) is 0 Å². The predicted molar refractivity (Wildman–Crippen MR) is 131 cm³/mol. The maximum Gasteiger partial charge on any atom is 0.516 e. The van der Waals surface area contributed by atoms with E-state index in [0.717, 1.165) is 37.2 Å². The molecule has 1 aliphatic rings. The average Bonchev–Trinajstić information content (AvgIpc) is 3.69. The lowest BCUT2D eigenvalue weighted by atomic mass is 10.2. The zero-order chi connectivity index (χ0) is 29.0. The summed E-state index contributed by atoms with van der Waals surface area (Å²) in [7, 11) is -4.23. The Bertz CT molecular complexity index is 1340. The van der Waals surface area contributed by atoms with E-state index < -0.39 is 33.2 Å². The molecule has 0 radical (unpaired) electrons. The minimum absolute atomic E-state index is 0.0373. The van der Waals surface area contributed by atoms with Crippen molar-refractivity contribution in [3.63, 3.8) is 0 Å². The monoisotopic (exact) mass is 580 g/mol. The van der Waals surface area contributed by atoms with Crippen LogP contribution in [0.2, 0.25) is 0 Å². The molecule has 8 nitrogen and oxygen atoms in total. The van der Waals surface area contributed by atoms with Crippen molar-refractivity contribution in [2.45, 2.75) is 43.7 Å². The summed E-state index contributed by atoms with van der Waals surface area (Å²) >= 11 is 0. The molecule has 0 spiro atoms. The summed E-state index contributed by atoms with van der Waals surface area (Å²) in [6.45, 7) is 3.32. The standard InChI is InChI=1S/C23H23F7N6O2S/c1-31-20(34-11-14-3-6-16(7-4-14)35-39(37,38)23(28,29)30)19(24)21(32-2)36(17-8-9-17)13-15-5-10-18(33-12-15)22(25,26)27/h3-7,10,12,17,34-35H,1,8-9,11,13H2,2H3/b20-19-,32-21+. The summed E-state index contributed by atoms with van der Waals surface area (Å²) < 4.78 is 115. The van der Waals surface area contributed by atoms with Crippen molar-refractivity contribution < 1.29 is 39.2 Å². The number of nitrogens with one attached hydrogen (secondary N) is 2. The van der Waals surface area contributed by atoms with E-state index in [-0.39, 0.29) is 36.5 Å². The first-order chi connectivity index (χ1) is 18.2. The van der Waals surface area contributed by atoms with E-state index in [9.17, 15) is 34.8 Å². The molecule has 2 aromatic rings. The van der Waals surface area contributed by atoms with E-state index in [2.05, 4.69) is 27.0 Å². The highest BCUT2D eigenvalue weighted by Crippen LogP contribution is 2.32. The Morgan fingerprint density at radius 2 is 1.69 bits per heavy atom. The number of nitrogens with zero attached hydrogens (tertiary/aromatic N) is 4. The number of anilines is 1. The molecule has 1 aliphatic carbocycles. The number of rotatable bonds is 10. The van der Waals surface area contributed by atoms with Crippen LogP contribution in [-0.4, -0.2) is 49.5 Å². The van der Waals surface area contributed by atoms with Crippen molar-refractivity contribution in [3.05, 3.63) is 71.1 Å². The van der Waals surface area contributed by atoms with Gasteiger partial charge in [-0.1, -0.05) is 18.2 Å². The van der Waals surface area contributed by atoms with Gasteiger partial charge in [0.1, 0.15) is 5.69 Å². The SMILES string of the molecule is C=N/C(NCc1ccc(NS(=O)(=O)C(F)(F)F)cc1)=C(F)\C(=N/C)N(Cc1ccc(C(F)(F)F)nc1)C1CC1. The second-order valence-electron chi connectivity index (χ2n) is 8.38. The van der Waals surface area contributed by atoms with Crippen LogP contribution in [0.4, 0.5) is 36.4 Å². The minimum Gasteiger partial charge on any atom is -0.363 e. The number of pyridine rings is 1. The van der Waals surface area contributed by atoms with Crippen LogP contribution in [0, 0.1) is 0 Å². The molecule has 0 bridgehead atoms. The highest BCUT2D eigenvalue weighted by atomic mass is 32.2. The number of benzene rings is 1. The van der Waals surface area contributed by atoms with Gasteiger partial charge in [-0.2, -0.15) is 39.2 Å². The van der Waals surface area contributed by atoms with E-state index in [1.54, 1.807) is 4.90 Å². The lowest BCUT2D eigenvalue weighted by Gasteiger charge is -2.26. The van der Waals surface area contributed by atoms with Crippen molar-refractivity contribution >= 4 is 28.3 Å². The third-order valence-corrected chi connectivity index (χ3v) is 6.59. The highest BCUT2D eigenvalue weighted by Gasteiger charge is 2.46. The number of alkyl halides is 6. The number of aliphatic imine (C=N–C) groups is 2. The third-order valence-electron chi connectivity index (χ3n) is 5.47. The van der Waals surface area contributed by atoms with Gasteiger partial charge in [-0.3, -0.25) is 14.7 Å². The van der Waals surface area contributed by atoms with Gasteiger partial charge < -0.3 is 10.2 Å². The van der Waals surface area contributed by atoms with Gasteiger partial charge in [0.05, 0.1) is 0 Å². The Kier molecular flexibility index (Phi) is 8.87. The van der Waals surface area contributed by atoms with Gasteiger partial charge in [0.2, 0.25) is 5.83 Å². The molecule has 39 heavy (non-hydrogen) atoms. The third kappa shape index (κ3) is 7.68. The van der Waals surface area contributed by atoms with Gasteiger partial charge in [0.25, 0.3) is 0 Å². The first-order valence-corrected chi connectivity index (χ1v) is 12.7. The van der Waals surface area contributed by atoms with Gasteiger partial charge in [0, 0.05) is 38.1 Å². The largest absolute Gasteiger partial charge is 0.516 e. The van der Waals surface area contributed by atoms with Gasteiger partial charge in [0.15, 0.2) is 11.7 Å². The van der Waals surface area contributed by atoms with Crippen LogP contribution >= 0.6 is 0 Å². The van der Waals surface area contributed by atoms with Gasteiger partial charge in [-0.05, 0) is 48.9 Å². The van der Waals surface area contributed by atoms with Crippen molar-refractivity contribution in [1.82, 2.24) is 15.2 Å². The summed E-state index contributed by atoms with van der Waals surface area (Å²) in [5, 5.41) is 2.71. The molecule has 1 aromatic heterocycles. The van der Waals surface area contributed by atoms with Crippen LogP contribution in [0.3, 0.4) is 0 Å². The number of halogens is 7. The van der Waals surface area contributed by atoms with Crippen LogP contribution in [0.1, 0.15) is 29.7 Å². The number of aromatic nitrogens is 1. The zero-order valence-corrected chi connectivity index (χ0v) is 21.1. The summed E-state index contributed by atoms with van der Waals surface area (Å²) in [6.07, 6.45) is -2.09. The van der Waals surface area contributed by atoms with E-state index in [1.165, 1.54) is 30.0 Å². The molecule has 1 fully saturated rings. The molecule has 0 saturated heterocycles. The van der Waals surface area contributed by atoms with Gasteiger partial charge in [-0.25, -0.2) is 4.99 Å². The van der Waals surface area contributed by atoms with Crippen LogP contribution in [0.15, 0.2) is 64.2 Å². The molecule has 0 atom stereocenters. The average molecular weight is 581 g/mol. The summed E-state index contributed by atoms with van der Waals surface area (Å²) in [4.78, 5) is 12.7. The van der Waals surface area contributed by atoms with Crippen LogP contribution in [0.25, 0.3) is 0 Å². The molecular weight excluding hydrogens is 557 g/mol. The number of hydrogen-bond acceptors (Lipinski definition) is 6. The van der Waals surface area contributed by atoms with Gasteiger partial charge >= 0.3 is 21.7 Å². The van der Waals surface area contributed by atoms with Crippen molar-refractivity contribution in [2.75, 3.05) is 11.8 Å². The molecule has 0 aliphatic heterocycles. The van der Waals surface area contributed by atoms with Crippen LogP contribution in [-0.2, 0) is 29.3 Å². The Balaban J connectivity index is 1.73. The molecule has 0 unspecified atom stereocenters. The highest BCUT2D eigenvalue weighted by molar-refractivity contribution is 7.93. The van der Waals surface area contributed by atoms with Crippen molar-refractivity contribution in [1.29, 1.82) is 0 Å². The van der Waals surface area contributed by atoms with Crippen LogP contribution in [0.5, 0.6) is 0 Å². The van der Waals surface area contributed by atoms with E-state index in [0.29, 0.717) is 11.1 Å². The molecular formula is C23H23F7N6O2S. The van der Waals surface area contributed by atoms with Gasteiger partial charge in [-0.15, -0.1) is 0 Å². The molecule has 3 rings (SSSR count). The quantitative estimate of drug-likeness (QED) is 0.235. The Hall–Kier alpha value is -3.69. The lowest BCUT2D eigenvalue weighted by Crippen LogP contribution is -2.34. The molecule has 1 saturated carbocycles. The lowest BCUT2D eigenvalue weighted by molar-refractivity contribution is -0.141. The molecule has 16 heteroatoms. The normalized spacial score (nSPS) is 15.4.